The van der Waals surface area contributed by atoms with Crippen LogP contribution in [0.15, 0.2) is 0 Å². The molecule has 1 N–H and O–H groups in total. The van der Waals surface area contributed by atoms with Gasteiger partial charge in [0.25, 0.3) is 0 Å². The number of ether oxygens (including phenoxy) is 1. The summed E-state index contributed by atoms with van der Waals surface area (Å²) < 4.78 is 5.83. The normalized spacial score (nSPS) is 39.2. The van der Waals surface area contributed by atoms with E-state index in [0.29, 0.717) is 13.0 Å². The van der Waals surface area contributed by atoms with Crippen molar-refractivity contribution in [2.45, 2.75) is 56.5 Å². The van der Waals surface area contributed by atoms with Gasteiger partial charge in [-0.15, -0.1) is 6.42 Å². The Labute approximate surface area is 107 Å². The summed E-state index contributed by atoms with van der Waals surface area (Å²) in [5.41, 5.74) is 0. The first-order valence-corrected chi connectivity index (χ1v) is 6.79. The van der Waals surface area contributed by atoms with Gasteiger partial charge in [-0.3, -0.25) is 4.79 Å². The molecule has 0 spiro atoms. The molecule has 3 rings (SSSR count). The minimum absolute atomic E-state index is 0.00583. The largest absolute Gasteiger partial charge is 0.390 e. The van der Waals surface area contributed by atoms with Crippen LogP contribution in [0, 0.1) is 18.3 Å². The fourth-order valence-electron chi connectivity index (χ4n) is 2.72. The summed E-state index contributed by atoms with van der Waals surface area (Å²) in [6, 6.07) is -0.125. The number of likely N-dealkylation sites (tertiary alicyclic amines) is 1. The first-order chi connectivity index (χ1) is 8.69. The number of amides is 1. The molecular weight excluding hydrogens is 230 g/mol. The molecule has 3 aliphatic rings. The van der Waals surface area contributed by atoms with Gasteiger partial charge in [-0.2, -0.15) is 0 Å². The predicted molar refractivity (Wildman–Crippen MR) is 65.6 cm³/mol. The highest BCUT2D eigenvalue weighted by atomic mass is 16.5. The predicted octanol–water partition coefficient (Wildman–Crippen LogP) is 0.539. The molecule has 1 saturated heterocycles. The van der Waals surface area contributed by atoms with Crippen LogP contribution in [0.1, 0.15) is 32.1 Å². The second-order valence-corrected chi connectivity index (χ2v) is 5.62. The van der Waals surface area contributed by atoms with Gasteiger partial charge in [-0.05, 0) is 25.7 Å². The molecule has 1 heterocycles. The maximum absolute atomic E-state index is 12.1. The third-order valence-electron chi connectivity index (χ3n) is 4.21. The smallest absolute Gasteiger partial charge is 0.226 e. The monoisotopic (exact) mass is 249 g/mol. The van der Waals surface area contributed by atoms with Crippen molar-refractivity contribution in [3.63, 3.8) is 0 Å². The molecule has 4 nitrogen and oxygen atoms in total. The Bertz CT molecular complexity index is 385. The van der Waals surface area contributed by atoms with E-state index in [1.807, 2.05) is 0 Å². The lowest BCUT2D eigenvalue weighted by molar-refractivity contribution is -0.136. The van der Waals surface area contributed by atoms with Gasteiger partial charge in [0.1, 0.15) is 0 Å². The Morgan fingerprint density at radius 2 is 2.11 bits per heavy atom. The second-order valence-electron chi connectivity index (χ2n) is 5.62. The van der Waals surface area contributed by atoms with Gasteiger partial charge in [-0.1, -0.05) is 5.92 Å². The first-order valence-electron chi connectivity index (χ1n) is 6.79. The molecule has 98 valence electrons. The van der Waals surface area contributed by atoms with E-state index >= 15 is 0 Å². The van der Waals surface area contributed by atoms with Gasteiger partial charge in [-0.25, -0.2) is 0 Å². The van der Waals surface area contributed by atoms with Crippen LogP contribution < -0.4 is 0 Å². The lowest BCUT2D eigenvalue weighted by Crippen LogP contribution is -2.42. The van der Waals surface area contributed by atoms with Gasteiger partial charge in [0.2, 0.25) is 5.91 Å². The Hall–Kier alpha value is -1.05. The Balaban J connectivity index is 1.59. The van der Waals surface area contributed by atoms with Gasteiger partial charge in [0.15, 0.2) is 0 Å². The highest BCUT2D eigenvalue weighted by Crippen LogP contribution is 2.35. The van der Waals surface area contributed by atoms with Crippen LogP contribution in [0.25, 0.3) is 0 Å². The lowest BCUT2D eigenvalue weighted by atomic mass is 9.92. The van der Waals surface area contributed by atoms with Crippen molar-refractivity contribution in [2.75, 3.05) is 6.54 Å². The van der Waals surface area contributed by atoms with Crippen molar-refractivity contribution in [3.05, 3.63) is 0 Å². The Morgan fingerprint density at radius 3 is 2.61 bits per heavy atom. The van der Waals surface area contributed by atoms with E-state index in [1.54, 1.807) is 4.90 Å². The van der Waals surface area contributed by atoms with Crippen molar-refractivity contribution in [3.8, 4) is 12.3 Å². The van der Waals surface area contributed by atoms with Crippen LogP contribution in [-0.4, -0.2) is 46.8 Å². The molecule has 18 heavy (non-hydrogen) atoms. The minimum atomic E-state index is -0.331. The molecule has 2 saturated carbocycles. The first kappa shape index (κ1) is 12.0. The standard InChI is InChI=1S/C14H19NO3/c1-2-10-7-11(18-13-6-5-12(13)16)8-15(10)14(17)9-3-4-9/h1,9-13,16H,3-8H2/t10-,11-,12-,13-/m0/s1. The fraction of sp³-hybridized carbons (Fsp3) is 0.786. The molecule has 0 aromatic carbocycles. The SMILES string of the molecule is C#C[C@H]1C[C@H](O[C@H]2CC[C@@H]2O)CN1C(=O)C1CC1. The number of carbonyl (C=O) groups excluding carboxylic acids is 1. The van der Waals surface area contributed by atoms with E-state index in [9.17, 15) is 9.90 Å². The van der Waals surface area contributed by atoms with Gasteiger partial charge in [0, 0.05) is 18.9 Å². The summed E-state index contributed by atoms with van der Waals surface area (Å²) in [6.45, 7) is 0.591. The van der Waals surface area contributed by atoms with Gasteiger partial charge < -0.3 is 14.7 Å². The number of carbonyl (C=O) groups is 1. The van der Waals surface area contributed by atoms with E-state index in [-0.39, 0.29) is 36.2 Å². The number of hydrogen-bond acceptors (Lipinski definition) is 3. The van der Waals surface area contributed by atoms with Crippen molar-refractivity contribution >= 4 is 5.91 Å². The molecule has 1 aliphatic heterocycles. The molecule has 4 atom stereocenters. The number of rotatable bonds is 3. The Kier molecular flexibility index (Phi) is 3.04. The minimum Gasteiger partial charge on any atom is -0.390 e. The fourth-order valence-corrected chi connectivity index (χ4v) is 2.72. The van der Waals surface area contributed by atoms with Crippen LogP contribution in [0.4, 0.5) is 0 Å². The van der Waals surface area contributed by atoms with Crippen molar-refractivity contribution < 1.29 is 14.6 Å². The summed E-state index contributed by atoms with van der Waals surface area (Å²) >= 11 is 0. The molecule has 0 bridgehead atoms. The van der Waals surface area contributed by atoms with Crippen LogP contribution in [0.3, 0.4) is 0 Å². The molecule has 0 aromatic heterocycles. The zero-order valence-corrected chi connectivity index (χ0v) is 10.4. The molecular formula is C14H19NO3. The topological polar surface area (TPSA) is 49.8 Å². The van der Waals surface area contributed by atoms with E-state index in [4.69, 9.17) is 11.2 Å². The van der Waals surface area contributed by atoms with E-state index < -0.39 is 0 Å². The molecule has 1 amide bonds. The highest BCUT2D eigenvalue weighted by Gasteiger charge is 2.43. The molecule has 0 radical (unpaired) electrons. The van der Waals surface area contributed by atoms with E-state index in [1.165, 1.54) is 0 Å². The summed E-state index contributed by atoms with van der Waals surface area (Å²) in [5, 5.41) is 9.52. The van der Waals surface area contributed by atoms with Crippen LogP contribution in [0.2, 0.25) is 0 Å². The zero-order chi connectivity index (χ0) is 12.7. The highest BCUT2D eigenvalue weighted by molar-refractivity contribution is 5.82. The summed E-state index contributed by atoms with van der Waals surface area (Å²) in [7, 11) is 0. The van der Waals surface area contributed by atoms with Crippen LogP contribution >= 0.6 is 0 Å². The number of hydrogen-bond donors (Lipinski definition) is 1. The molecule has 2 aliphatic carbocycles. The zero-order valence-electron chi connectivity index (χ0n) is 10.4. The third kappa shape index (κ3) is 2.13. The number of terminal acetylenes is 1. The summed E-state index contributed by atoms with van der Waals surface area (Å²) in [5.74, 6) is 3.09. The molecule has 0 unspecified atom stereocenters. The van der Waals surface area contributed by atoms with Crippen molar-refractivity contribution in [1.82, 2.24) is 4.90 Å². The second kappa shape index (κ2) is 4.56. The number of aliphatic hydroxyl groups excluding tert-OH is 1. The number of nitrogens with zero attached hydrogens (tertiary/aromatic N) is 1. The summed E-state index contributed by atoms with van der Waals surface area (Å²) in [6.07, 6.45) is 9.55. The van der Waals surface area contributed by atoms with Gasteiger partial charge >= 0.3 is 0 Å². The lowest BCUT2D eigenvalue weighted by Gasteiger charge is -2.34. The maximum atomic E-state index is 12.1. The van der Waals surface area contributed by atoms with E-state index in [0.717, 1.165) is 25.7 Å². The number of aliphatic hydroxyl groups is 1. The van der Waals surface area contributed by atoms with E-state index in [2.05, 4.69) is 5.92 Å². The summed E-state index contributed by atoms with van der Waals surface area (Å²) in [4.78, 5) is 13.9. The molecule has 4 heteroatoms. The average molecular weight is 249 g/mol. The third-order valence-corrected chi connectivity index (χ3v) is 4.21. The van der Waals surface area contributed by atoms with Gasteiger partial charge in [0.05, 0.1) is 24.4 Å². The van der Waals surface area contributed by atoms with Crippen LogP contribution in [0.5, 0.6) is 0 Å². The molecule has 3 fully saturated rings. The van der Waals surface area contributed by atoms with Crippen molar-refractivity contribution in [2.24, 2.45) is 5.92 Å². The van der Waals surface area contributed by atoms with Crippen molar-refractivity contribution in [1.29, 1.82) is 0 Å². The quantitative estimate of drug-likeness (QED) is 0.743. The maximum Gasteiger partial charge on any atom is 0.226 e. The average Bonchev–Trinajstić information content (AvgIpc) is 3.13. The van der Waals surface area contributed by atoms with Crippen LogP contribution in [-0.2, 0) is 9.53 Å². The Morgan fingerprint density at radius 1 is 1.33 bits per heavy atom. The molecule has 0 aromatic rings.